The van der Waals surface area contributed by atoms with Crippen molar-refractivity contribution >= 4 is 29.2 Å². The molecule has 0 spiro atoms. The lowest BCUT2D eigenvalue weighted by molar-refractivity contribution is 0.0699. The highest BCUT2D eigenvalue weighted by atomic mass is 19.1. The molecular weight excluding hydrogens is 287 g/mol. The van der Waals surface area contributed by atoms with Gasteiger partial charge in [-0.15, -0.1) is 0 Å². The van der Waals surface area contributed by atoms with E-state index in [1.54, 1.807) is 25.1 Å². The number of nitrogens with zero attached hydrogens (tertiary/aromatic N) is 2. The molecule has 1 N–H and O–H groups in total. The van der Waals surface area contributed by atoms with Crippen molar-refractivity contribution in [3.05, 3.63) is 58.7 Å². The van der Waals surface area contributed by atoms with Gasteiger partial charge in [-0.25, -0.2) is 14.2 Å². The van der Waals surface area contributed by atoms with E-state index in [4.69, 9.17) is 4.52 Å². The molecule has 2 aromatic heterocycles. The zero-order valence-electron chi connectivity index (χ0n) is 11.6. The highest BCUT2D eigenvalue weighted by Gasteiger charge is 2.17. The molecular formula is C16H11FN2O3. The molecule has 2 heterocycles. The lowest BCUT2D eigenvalue weighted by Gasteiger charge is -2.00. The normalized spacial score (nSPS) is 11.4. The van der Waals surface area contributed by atoms with Crippen molar-refractivity contribution in [2.45, 2.75) is 6.92 Å². The zero-order valence-corrected chi connectivity index (χ0v) is 11.6. The maximum absolute atomic E-state index is 13.6. The number of halogens is 1. The Labute approximate surface area is 124 Å². The van der Waals surface area contributed by atoms with Crippen LogP contribution < -0.4 is 0 Å². The third kappa shape index (κ3) is 2.46. The standard InChI is InChI=1S/C16H11FN2O3/c1-9-14-12(16(20)21)8-11(18-15(14)22-19-9)7-6-10-4-2-3-5-13(10)17/h2-8H,1H3,(H,20,21)/b7-6+. The second kappa shape index (κ2) is 5.40. The average Bonchev–Trinajstić information content (AvgIpc) is 2.87. The van der Waals surface area contributed by atoms with Gasteiger partial charge in [0.15, 0.2) is 0 Å². The number of pyridine rings is 1. The van der Waals surface area contributed by atoms with Gasteiger partial charge in [0.05, 0.1) is 22.3 Å². The molecule has 0 saturated heterocycles. The number of carboxylic acids is 1. The monoisotopic (exact) mass is 298 g/mol. The van der Waals surface area contributed by atoms with Crippen LogP contribution in [0.3, 0.4) is 0 Å². The molecule has 0 aliphatic rings. The van der Waals surface area contributed by atoms with Gasteiger partial charge in [-0.2, -0.15) is 0 Å². The zero-order chi connectivity index (χ0) is 15.7. The fraction of sp³-hybridized carbons (Fsp3) is 0.0625. The van der Waals surface area contributed by atoms with Gasteiger partial charge >= 0.3 is 5.97 Å². The summed E-state index contributed by atoms with van der Waals surface area (Å²) in [6, 6.07) is 7.67. The molecule has 0 bridgehead atoms. The third-order valence-corrected chi connectivity index (χ3v) is 3.21. The van der Waals surface area contributed by atoms with Crippen LogP contribution in [0.1, 0.15) is 27.3 Å². The van der Waals surface area contributed by atoms with E-state index in [1.165, 1.54) is 24.3 Å². The van der Waals surface area contributed by atoms with Crippen molar-refractivity contribution in [3.8, 4) is 0 Å². The van der Waals surface area contributed by atoms with Crippen molar-refractivity contribution in [2.75, 3.05) is 0 Å². The van der Waals surface area contributed by atoms with E-state index < -0.39 is 5.97 Å². The number of carbonyl (C=O) groups is 1. The number of aromatic carboxylic acids is 1. The molecule has 0 fully saturated rings. The predicted molar refractivity (Wildman–Crippen MR) is 78.8 cm³/mol. The van der Waals surface area contributed by atoms with Crippen molar-refractivity contribution in [1.29, 1.82) is 0 Å². The van der Waals surface area contributed by atoms with Crippen molar-refractivity contribution in [1.82, 2.24) is 10.1 Å². The van der Waals surface area contributed by atoms with Crippen molar-refractivity contribution < 1.29 is 18.8 Å². The number of fused-ring (bicyclic) bond motifs is 1. The number of aromatic nitrogens is 2. The quantitative estimate of drug-likeness (QED) is 0.800. The Kier molecular flexibility index (Phi) is 3.42. The number of carboxylic acid groups (broad SMARTS) is 1. The first-order valence-corrected chi connectivity index (χ1v) is 6.49. The molecule has 1 aromatic carbocycles. The second-order valence-corrected chi connectivity index (χ2v) is 4.70. The van der Waals surface area contributed by atoms with Crippen LogP contribution in [0.4, 0.5) is 4.39 Å². The van der Waals surface area contributed by atoms with E-state index in [0.29, 0.717) is 22.3 Å². The highest BCUT2D eigenvalue weighted by molar-refractivity contribution is 6.02. The molecule has 5 nitrogen and oxygen atoms in total. The summed E-state index contributed by atoms with van der Waals surface area (Å²) in [6.45, 7) is 1.65. The molecule has 3 aromatic rings. The molecule has 110 valence electrons. The summed E-state index contributed by atoms with van der Waals surface area (Å²) >= 11 is 0. The Morgan fingerprint density at radius 1 is 1.32 bits per heavy atom. The number of aryl methyl sites for hydroxylation is 1. The van der Waals surface area contributed by atoms with E-state index in [9.17, 15) is 14.3 Å². The maximum Gasteiger partial charge on any atom is 0.336 e. The minimum absolute atomic E-state index is 0.0527. The van der Waals surface area contributed by atoms with Gasteiger partial charge in [0.1, 0.15) is 5.82 Å². The lowest BCUT2D eigenvalue weighted by Crippen LogP contribution is -1.99. The van der Waals surface area contributed by atoms with Crippen LogP contribution in [0.2, 0.25) is 0 Å². The van der Waals surface area contributed by atoms with Gasteiger partial charge in [0.25, 0.3) is 5.71 Å². The Hall–Kier alpha value is -3.02. The van der Waals surface area contributed by atoms with Crippen LogP contribution in [0.15, 0.2) is 34.9 Å². The topological polar surface area (TPSA) is 76.2 Å². The first-order valence-electron chi connectivity index (χ1n) is 6.49. The van der Waals surface area contributed by atoms with Crippen molar-refractivity contribution in [2.24, 2.45) is 0 Å². The molecule has 0 aliphatic heterocycles. The first-order chi connectivity index (χ1) is 10.6. The Balaban J connectivity index is 2.09. The van der Waals surface area contributed by atoms with E-state index >= 15 is 0 Å². The maximum atomic E-state index is 13.6. The van der Waals surface area contributed by atoms with Gasteiger partial charge in [0, 0.05) is 5.56 Å². The molecule has 6 heteroatoms. The summed E-state index contributed by atoms with van der Waals surface area (Å²) in [7, 11) is 0. The van der Waals surface area contributed by atoms with Crippen LogP contribution in [0, 0.1) is 12.7 Å². The summed E-state index contributed by atoms with van der Waals surface area (Å²) in [5, 5.41) is 13.4. The molecule has 0 amide bonds. The second-order valence-electron chi connectivity index (χ2n) is 4.70. The molecule has 0 radical (unpaired) electrons. The third-order valence-electron chi connectivity index (χ3n) is 3.21. The summed E-state index contributed by atoms with van der Waals surface area (Å²) < 4.78 is 18.6. The van der Waals surface area contributed by atoms with E-state index in [0.717, 1.165) is 0 Å². The summed E-state index contributed by atoms with van der Waals surface area (Å²) in [5.41, 5.74) is 1.39. The van der Waals surface area contributed by atoms with E-state index in [2.05, 4.69) is 10.1 Å². The minimum atomic E-state index is -1.10. The van der Waals surface area contributed by atoms with Crippen LogP contribution in [0.25, 0.3) is 23.3 Å². The Morgan fingerprint density at radius 2 is 2.09 bits per heavy atom. The SMILES string of the molecule is Cc1noc2nc(/C=C/c3ccccc3F)cc(C(=O)O)c12. The molecule has 0 saturated carbocycles. The Bertz CT molecular complexity index is 900. The van der Waals surface area contributed by atoms with Crippen LogP contribution in [0.5, 0.6) is 0 Å². The molecule has 0 aliphatic carbocycles. The minimum Gasteiger partial charge on any atom is -0.478 e. The average molecular weight is 298 g/mol. The summed E-state index contributed by atoms with van der Waals surface area (Å²) in [4.78, 5) is 15.5. The van der Waals surface area contributed by atoms with Gasteiger partial charge in [-0.3, -0.25) is 0 Å². The van der Waals surface area contributed by atoms with E-state index in [1.807, 2.05) is 0 Å². The van der Waals surface area contributed by atoms with Crippen molar-refractivity contribution in [3.63, 3.8) is 0 Å². The summed E-state index contributed by atoms with van der Waals surface area (Å²) in [5.74, 6) is -1.46. The first kappa shape index (κ1) is 13.9. The van der Waals surface area contributed by atoms with Crippen LogP contribution >= 0.6 is 0 Å². The molecule has 0 atom stereocenters. The lowest BCUT2D eigenvalue weighted by atomic mass is 10.1. The summed E-state index contributed by atoms with van der Waals surface area (Å²) in [6.07, 6.45) is 3.06. The number of rotatable bonds is 3. The fourth-order valence-corrected chi connectivity index (χ4v) is 2.15. The van der Waals surface area contributed by atoms with Crippen LogP contribution in [-0.4, -0.2) is 21.2 Å². The highest BCUT2D eigenvalue weighted by Crippen LogP contribution is 2.23. The predicted octanol–water partition coefficient (Wildman–Crippen LogP) is 3.54. The molecule has 3 rings (SSSR count). The Morgan fingerprint density at radius 3 is 2.82 bits per heavy atom. The fourth-order valence-electron chi connectivity index (χ4n) is 2.15. The smallest absolute Gasteiger partial charge is 0.336 e. The largest absolute Gasteiger partial charge is 0.478 e. The van der Waals surface area contributed by atoms with E-state index in [-0.39, 0.29) is 17.1 Å². The number of benzene rings is 1. The number of hydrogen-bond acceptors (Lipinski definition) is 4. The van der Waals surface area contributed by atoms with Gasteiger partial charge in [-0.1, -0.05) is 23.4 Å². The van der Waals surface area contributed by atoms with Gasteiger partial charge < -0.3 is 9.63 Å². The number of hydrogen-bond donors (Lipinski definition) is 1. The molecule has 22 heavy (non-hydrogen) atoms. The van der Waals surface area contributed by atoms with Gasteiger partial charge in [0.2, 0.25) is 0 Å². The molecule has 0 unspecified atom stereocenters. The van der Waals surface area contributed by atoms with Crippen LogP contribution in [-0.2, 0) is 0 Å². The van der Waals surface area contributed by atoms with Gasteiger partial charge in [-0.05, 0) is 31.2 Å².